The van der Waals surface area contributed by atoms with Crippen LogP contribution >= 0.6 is 0 Å². The Hall–Kier alpha value is -2.17. The fraction of sp³-hybridized carbons (Fsp3) is 0.100. The quantitative estimate of drug-likeness (QED) is 0.539. The van der Waals surface area contributed by atoms with Gasteiger partial charge in [0.1, 0.15) is 11.3 Å². The van der Waals surface area contributed by atoms with Crippen LogP contribution in [-0.2, 0) is 4.74 Å². The zero-order chi connectivity index (χ0) is 10.8. The highest BCUT2D eigenvalue weighted by molar-refractivity contribution is 5.97. The van der Waals surface area contributed by atoms with E-state index in [4.69, 9.17) is 0 Å². The van der Waals surface area contributed by atoms with Gasteiger partial charge in [-0.1, -0.05) is 6.07 Å². The highest BCUT2D eigenvalue weighted by atomic mass is 16.5. The van der Waals surface area contributed by atoms with Crippen LogP contribution in [0.25, 0.3) is 5.52 Å². The van der Waals surface area contributed by atoms with E-state index in [1.807, 2.05) is 0 Å². The Morgan fingerprint density at radius 3 is 3.00 bits per heavy atom. The van der Waals surface area contributed by atoms with Crippen LogP contribution in [0.5, 0.6) is 0 Å². The molecule has 0 radical (unpaired) electrons. The summed E-state index contributed by atoms with van der Waals surface area (Å²) < 4.78 is 6.00. The Bertz CT molecular complexity index is 530. The van der Waals surface area contributed by atoms with E-state index in [2.05, 4.69) is 9.84 Å². The highest BCUT2D eigenvalue weighted by Crippen LogP contribution is 2.12. The number of fused-ring (bicyclic) bond motifs is 1. The SMILES string of the molecule is COC(=O)c1cnn2c(C=O)cccc12. The van der Waals surface area contributed by atoms with Gasteiger partial charge in [0.05, 0.1) is 18.8 Å². The molecule has 5 nitrogen and oxygen atoms in total. The van der Waals surface area contributed by atoms with Gasteiger partial charge in [0.15, 0.2) is 6.29 Å². The molecule has 0 aliphatic rings. The van der Waals surface area contributed by atoms with Crippen molar-refractivity contribution in [2.45, 2.75) is 0 Å². The predicted molar refractivity (Wildman–Crippen MR) is 51.9 cm³/mol. The Morgan fingerprint density at radius 2 is 2.33 bits per heavy atom. The van der Waals surface area contributed by atoms with Gasteiger partial charge in [-0.25, -0.2) is 9.31 Å². The maximum atomic E-state index is 11.3. The van der Waals surface area contributed by atoms with E-state index in [-0.39, 0.29) is 0 Å². The summed E-state index contributed by atoms with van der Waals surface area (Å²) in [5.41, 5.74) is 1.30. The number of carbonyl (C=O) groups is 2. The average Bonchev–Trinajstić information content (AvgIpc) is 2.71. The van der Waals surface area contributed by atoms with Crippen molar-refractivity contribution in [3.8, 4) is 0 Å². The fourth-order valence-electron chi connectivity index (χ4n) is 1.39. The van der Waals surface area contributed by atoms with Crippen molar-refractivity contribution in [1.82, 2.24) is 9.61 Å². The summed E-state index contributed by atoms with van der Waals surface area (Å²) in [4.78, 5) is 22.0. The van der Waals surface area contributed by atoms with Gasteiger partial charge in [-0.05, 0) is 12.1 Å². The second kappa shape index (κ2) is 3.53. The number of aldehydes is 1. The number of carbonyl (C=O) groups excluding carboxylic acids is 2. The van der Waals surface area contributed by atoms with Gasteiger partial charge in [-0.3, -0.25) is 4.79 Å². The number of methoxy groups -OCH3 is 1. The molecule has 2 aromatic heterocycles. The standard InChI is InChI=1S/C10H8N2O3/c1-15-10(14)8-5-11-12-7(6-13)3-2-4-9(8)12/h2-6H,1H3. The van der Waals surface area contributed by atoms with Crippen molar-refractivity contribution in [3.05, 3.63) is 35.7 Å². The topological polar surface area (TPSA) is 60.7 Å². The van der Waals surface area contributed by atoms with Crippen LogP contribution < -0.4 is 0 Å². The average molecular weight is 204 g/mol. The number of hydrogen-bond acceptors (Lipinski definition) is 4. The summed E-state index contributed by atoms with van der Waals surface area (Å²) in [5.74, 6) is -0.465. The van der Waals surface area contributed by atoms with E-state index < -0.39 is 5.97 Å². The Morgan fingerprint density at radius 1 is 1.53 bits per heavy atom. The first kappa shape index (κ1) is 9.39. The third-order valence-electron chi connectivity index (χ3n) is 2.10. The molecule has 0 aliphatic carbocycles. The summed E-state index contributed by atoms with van der Waals surface area (Å²) in [6.45, 7) is 0. The van der Waals surface area contributed by atoms with Crippen molar-refractivity contribution >= 4 is 17.8 Å². The van der Waals surface area contributed by atoms with Crippen LogP contribution in [0.3, 0.4) is 0 Å². The van der Waals surface area contributed by atoms with Crippen molar-refractivity contribution in [2.24, 2.45) is 0 Å². The molecule has 0 unspecified atom stereocenters. The predicted octanol–water partition coefficient (Wildman–Crippen LogP) is 0.933. The molecule has 2 aromatic rings. The molecule has 0 amide bonds. The van der Waals surface area contributed by atoms with Gasteiger partial charge < -0.3 is 4.74 Å². The van der Waals surface area contributed by atoms with Gasteiger partial charge in [-0.2, -0.15) is 5.10 Å². The second-order valence-electron chi connectivity index (χ2n) is 2.92. The number of nitrogens with zero attached hydrogens (tertiary/aromatic N) is 2. The molecule has 76 valence electrons. The van der Waals surface area contributed by atoms with Gasteiger partial charge in [0, 0.05) is 0 Å². The lowest BCUT2D eigenvalue weighted by atomic mass is 10.2. The first-order valence-electron chi connectivity index (χ1n) is 4.28. The number of pyridine rings is 1. The molecular weight excluding hydrogens is 196 g/mol. The molecule has 0 fully saturated rings. The molecular formula is C10H8N2O3. The molecule has 0 aliphatic heterocycles. The first-order valence-corrected chi connectivity index (χ1v) is 4.28. The molecule has 0 aromatic carbocycles. The van der Waals surface area contributed by atoms with E-state index in [1.54, 1.807) is 18.2 Å². The van der Waals surface area contributed by atoms with Crippen molar-refractivity contribution in [2.75, 3.05) is 7.11 Å². The van der Waals surface area contributed by atoms with Crippen LogP contribution in [0.1, 0.15) is 20.8 Å². The monoisotopic (exact) mass is 204 g/mol. The van der Waals surface area contributed by atoms with Gasteiger partial charge in [0.25, 0.3) is 0 Å². The number of aromatic nitrogens is 2. The lowest BCUT2D eigenvalue weighted by Gasteiger charge is -1.98. The molecule has 15 heavy (non-hydrogen) atoms. The largest absolute Gasteiger partial charge is 0.465 e. The summed E-state index contributed by atoms with van der Waals surface area (Å²) in [5, 5.41) is 3.94. The third kappa shape index (κ3) is 1.38. The number of hydrogen-bond donors (Lipinski definition) is 0. The Kier molecular flexibility index (Phi) is 2.21. The minimum atomic E-state index is -0.465. The Labute approximate surface area is 85.3 Å². The normalized spacial score (nSPS) is 10.2. The zero-order valence-corrected chi connectivity index (χ0v) is 8.01. The first-order chi connectivity index (χ1) is 7.27. The van der Waals surface area contributed by atoms with Crippen LogP contribution in [-0.4, -0.2) is 29.0 Å². The summed E-state index contributed by atoms with van der Waals surface area (Å²) in [7, 11) is 1.30. The number of rotatable bonds is 2. The molecule has 0 spiro atoms. The van der Waals surface area contributed by atoms with Gasteiger partial charge in [0.2, 0.25) is 0 Å². The van der Waals surface area contributed by atoms with Crippen molar-refractivity contribution in [1.29, 1.82) is 0 Å². The molecule has 0 saturated heterocycles. The summed E-state index contributed by atoms with van der Waals surface area (Å²) >= 11 is 0. The lowest BCUT2D eigenvalue weighted by molar-refractivity contribution is 0.0603. The molecule has 0 bridgehead atoms. The maximum absolute atomic E-state index is 11.3. The minimum absolute atomic E-state index is 0.348. The number of ether oxygens (including phenoxy) is 1. The van der Waals surface area contributed by atoms with E-state index >= 15 is 0 Å². The smallest absolute Gasteiger partial charge is 0.341 e. The van der Waals surface area contributed by atoms with E-state index in [0.717, 1.165) is 0 Å². The highest BCUT2D eigenvalue weighted by Gasteiger charge is 2.13. The van der Waals surface area contributed by atoms with E-state index in [1.165, 1.54) is 17.8 Å². The molecule has 0 N–H and O–H groups in total. The molecule has 0 saturated carbocycles. The van der Waals surface area contributed by atoms with Gasteiger partial charge in [-0.15, -0.1) is 0 Å². The fourth-order valence-corrected chi connectivity index (χ4v) is 1.39. The Balaban J connectivity index is 2.71. The number of esters is 1. The second-order valence-corrected chi connectivity index (χ2v) is 2.92. The minimum Gasteiger partial charge on any atom is -0.465 e. The third-order valence-corrected chi connectivity index (χ3v) is 2.10. The van der Waals surface area contributed by atoms with E-state index in [0.29, 0.717) is 23.1 Å². The van der Waals surface area contributed by atoms with E-state index in [9.17, 15) is 9.59 Å². The molecule has 5 heteroatoms. The summed E-state index contributed by atoms with van der Waals surface area (Å²) in [6, 6.07) is 5.01. The van der Waals surface area contributed by atoms with Crippen molar-refractivity contribution < 1.29 is 14.3 Å². The van der Waals surface area contributed by atoms with Crippen LogP contribution in [0.4, 0.5) is 0 Å². The summed E-state index contributed by atoms with van der Waals surface area (Å²) in [6.07, 6.45) is 2.06. The molecule has 0 atom stereocenters. The lowest BCUT2D eigenvalue weighted by Crippen LogP contribution is -2.01. The van der Waals surface area contributed by atoms with Crippen molar-refractivity contribution in [3.63, 3.8) is 0 Å². The van der Waals surface area contributed by atoms with Gasteiger partial charge >= 0.3 is 5.97 Å². The zero-order valence-electron chi connectivity index (χ0n) is 8.01. The van der Waals surface area contributed by atoms with Crippen LogP contribution in [0.15, 0.2) is 24.4 Å². The maximum Gasteiger partial charge on any atom is 0.341 e. The molecule has 2 heterocycles. The molecule has 2 rings (SSSR count). The van der Waals surface area contributed by atoms with Crippen LogP contribution in [0, 0.1) is 0 Å². The van der Waals surface area contributed by atoms with Crippen LogP contribution in [0.2, 0.25) is 0 Å².